The molecular formula is C21H29N3. The molecule has 0 aliphatic carbocycles. The molecule has 0 N–H and O–H groups in total. The van der Waals surface area contributed by atoms with Crippen LogP contribution in [0, 0.1) is 0 Å². The van der Waals surface area contributed by atoms with Crippen LogP contribution in [-0.2, 0) is 0 Å². The minimum absolute atomic E-state index is 0.315. The van der Waals surface area contributed by atoms with Gasteiger partial charge in [0, 0.05) is 25.2 Å². The molecule has 1 fully saturated rings. The van der Waals surface area contributed by atoms with Gasteiger partial charge in [-0.3, -0.25) is 14.7 Å². The Hall–Kier alpha value is -1.68. The summed E-state index contributed by atoms with van der Waals surface area (Å²) in [6.07, 6.45) is 0.315. The van der Waals surface area contributed by atoms with Crippen molar-refractivity contribution in [2.24, 2.45) is 0 Å². The molecule has 1 aliphatic heterocycles. The predicted molar refractivity (Wildman–Crippen MR) is 101 cm³/mol. The first kappa shape index (κ1) is 17.2. The molecule has 0 unspecified atom stereocenters. The first-order chi connectivity index (χ1) is 11.6. The van der Waals surface area contributed by atoms with Crippen LogP contribution in [0.1, 0.15) is 37.1 Å². The summed E-state index contributed by atoms with van der Waals surface area (Å²) in [6.45, 7) is 6.83. The van der Waals surface area contributed by atoms with Gasteiger partial charge in [0.1, 0.15) is 6.29 Å². The van der Waals surface area contributed by atoms with E-state index >= 15 is 0 Å². The van der Waals surface area contributed by atoms with Crippen LogP contribution in [0.15, 0.2) is 60.7 Å². The zero-order chi connectivity index (χ0) is 17.1. The van der Waals surface area contributed by atoms with E-state index in [0.29, 0.717) is 18.4 Å². The largest absolute Gasteiger partial charge is 0.282 e. The van der Waals surface area contributed by atoms with Crippen molar-refractivity contribution in [3.05, 3.63) is 71.8 Å². The molecule has 24 heavy (non-hydrogen) atoms. The Morgan fingerprint density at radius 2 is 1.12 bits per heavy atom. The van der Waals surface area contributed by atoms with Gasteiger partial charge in [0.05, 0.1) is 0 Å². The molecule has 0 radical (unpaired) electrons. The second-order valence-corrected chi connectivity index (χ2v) is 6.96. The molecule has 2 atom stereocenters. The van der Waals surface area contributed by atoms with E-state index in [0.717, 1.165) is 13.1 Å². The van der Waals surface area contributed by atoms with Crippen molar-refractivity contribution in [3.63, 3.8) is 0 Å². The highest BCUT2D eigenvalue weighted by Crippen LogP contribution is 2.33. The molecule has 3 nitrogen and oxygen atoms in total. The van der Waals surface area contributed by atoms with Gasteiger partial charge in [-0.2, -0.15) is 0 Å². The van der Waals surface area contributed by atoms with Gasteiger partial charge >= 0.3 is 0 Å². The predicted octanol–water partition coefficient (Wildman–Crippen LogP) is 3.97. The Balaban J connectivity index is 1.83. The van der Waals surface area contributed by atoms with Crippen LogP contribution >= 0.6 is 0 Å². The Kier molecular flexibility index (Phi) is 5.34. The van der Waals surface area contributed by atoms with Gasteiger partial charge in [0.15, 0.2) is 0 Å². The summed E-state index contributed by atoms with van der Waals surface area (Å²) in [6, 6.07) is 22.5. The highest BCUT2D eigenvalue weighted by Gasteiger charge is 2.39. The molecule has 128 valence electrons. The lowest BCUT2D eigenvalue weighted by molar-refractivity contribution is -0.0208. The van der Waals surface area contributed by atoms with E-state index in [-0.39, 0.29) is 0 Å². The Morgan fingerprint density at radius 3 is 1.46 bits per heavy atom. The highest BCUT2D eigenvalue weighted by atomic mass is 15.5. The lowest BCUT2D eigenvalue weighted by Gasteiger charge is -2.40. The lowest BCUT2D eigenvalue weighted by Crippen LogP contribution is -2.50. The second kappa shape index (κ2) is 7.47. The van der Waals surface area contributed by atoms with Crippen molar-refractivity contribution in [2.75, 3.05) is 27.2 Å². The Bertz CT molecular complexity index is 573. The maximum atomic E-state index is 2.61. The molecule has 0 amide bonds. The van der Waals surface area contributed by atoms with E-state index in [1.165, 1.54) is 11.1 Å². The van der Waals surface area contributed by atoms with Crippen LogP contribution in [0.3, 0.4) is 0 Å². The van der Waals surface area contributed by atoms with Crippen molar-refractivity contribution in [2.45, 2.75) is 32.2 Å². The summed E-state index contributed by atoms with van der Waals surface area (Å²) < 4.78 is 0. The summed E-state index contributed by atoms with van der Waals surface area (Å²) in [7, 11) is 4.37. The molecule has 1 aliphatic rings. The number of hydrogen-bond donors (Lipinski definition) is 0. The summed E-state index contributed by atoms with van der Waals surface area (Å²) >= 11 is 0. The number of rotatable bonds is 5. The molecule has 2 aromatic rings. The van der Waals surface area contributed by atoms with Gasteiger partial charge in [-0.1, -0.05) is 60.7 Å². The van der Waals surface area contributed by atoms with Gasteiger partial charge in [0.2, 0.25) is 0 Å². The van der Waals surface area contributed by atoms with Crippen molar-refractivity contribution in [1.82, 2.24) is 14.7 Å². The van der Waals surface area contributed by atoms with E-state index in [1.807, 2.05) is 0 Å². The van der Waals surface area contributed by atoms with Crippen LogP contribution in [0.4, 0.5) is 0 Å². The minimum Gasteiger partial charge on any atom is -0.282 e. The first-order valence-electron chi connectivity index (χ1n) is 8.87. The van der Waals surface area contributed by atoms with Crippen LogP contribution in [0.5, 0.6) is 0 Å². The quantitative estimate of drug-likeness (QED) is 0.824. The fraction of sp³-hybridized carbons (Fsp3) is 0.429. The zero-order valence-electron chi connectivity index (χ0n) is 15.3. The average molecular weight is 323 g/mol. The SMILES string of the molecule is C[C@@H](c1ccccc1)N1CCN([C@@H](C)c2ccccc2)C1N(C)C. The third-order valence-corrected chi connectivity index (χ3v) is 5.23. The number of hydrogen-bond acceptors (Lipinski definition) is 3. The maximum absolute atomic E-state index is 2.61. The van der Waals surface area contributed by atoms with Crippen LogP contribution in [0.25, 0.3) is 0 Å². The molecular weight excluding hydrogens is 294 g/mol. The molecule has 3 heteroatoms. The number of nitrogens with zero attached hydrogens (tertiary/aromatic N) is 3. The standard InChI is InChI=1S/C21H29N3/c1-17(19-11-7-5-8-12-19)23-15-16-24(21(23)22(3)4)18(2)20-13-9-6-10-14-20/h5-14,17-18,21H,15-16H2,1-4H3/t17-,18-/m0/s1. The molecule has 0 aromatic heterocycles. The van der Waals surface area contributed by atoms with Gasteiger partial charge in [0.25, 0.3) is 0 Å². The molecule has 1 saturated heterocycles. The summed E-state index contributed by atoms with van der Waals surface area (Å²) in [5.41, 5.74) is 2.78. The Morgan fingerprint density at radius 1 is 0.750 bits per heavy atom. The normalized spacial score (nSPS) is 19.7. The third kappa shape index (κ3) is 3.39. The zero-order valence-corrected chi connectivity index (χ0v) is 15.3. The van der Waals surface area contributed by atoms with Crippen molar-refractivity contribution < 1.29 is 0 Å². The molecule has 1 heterocycles. The molecule has 2 aromatic carbocycles. The van der Waals surface area contributed by atoms with Crippen molar-refractivity contribution >= 4 is 0 Å². The lowest BCUT2D eigenvalue weighted by atomic mass is 10.1. The van der Waals surface area contributed by atoms with Gasteiger partial charge in [-0.25, -0.2) is 0 Å². The van der Waals surface area contributed by atoms with Crippen LogP contribution in [0.2, 0.25) is 0 Å². The van der Waals surface area contributed by atoms with E-state index in [4.69, 9.17) is 0 Å². The molecule has 0 saturated carbocycles. The minimum atomic E-state index is 0.315. The second-order valence-electron chi connectivity index (χ2n) is 6.96. The van der Waals surface area contributed by atoms with E-state index < -0.39 is 0 Å². The van der Waals surface area contributed by atoms with Crippen LogP contribution in [-0.4, -0.2) is 48.2 Å². The topological polar surface area (TPSA) is 9.72 Å². The number of benzene rings is 2. The van der Waals surface area contributed by atoms with E-state index in [2.05, 4.69) is 103 Å². The van der Waals surface area contributed by atoms with Crippen molar-refractivity contribution in [3.8, 4) is 0 Å². The fourth-order valence-corrected chi connectivity index (χ4v) is 3.88. The van der Waals surface area contributed by atoms with Crippen LogP contribution < -0.4 is 0 Å². The van der Waals surface area contributed by atoms with E-state index in [9.17, 15) is 0 Å². The average Bonchev–Trinajstić information content (AvgIpc) is 3.07. The summed E-state index contributed by atoms with van der Waals surface area (Å²) in [5, 5.41) is 0. The fourth-order valence-electron chi connectivity index (χ4n) is 3.88. The van der Waals surface area contributed by atoms with Gasteiger partial charge in [-0.05, 0) is 39.1 Å². The smallest absolute Gasteiger partial charge is 0.120 e. The maximum Gasteiger partial charge on any atom is 0.120 e. The third-order valence-electron chi connectivity index (χ3n) is 5.23. The van der Waals surface area contributed by atoms with Crippen molar-refractivity contribution in [1.29, 1.82) is 0 Å². The molecule has 0 spiro atoms. The molecule has 3 rings (SSSR count). The van der Waals surface area contributed by atoms with Gasteiger partial charge < -0.3 is 0 Å². The highest BCUT2D eigenvalue weighted by molar-refractivity contribution is 5.21. The van der Waals surface area contributed by atoms with E-state index in [1.54, 1.807) is 0 Å². The first-order valence-corrected chi connectivity index (χ1v) is 8.87. The molecule has 0 bridgehead atoms. The van der Waals surface area contributed by atoms with Gasteiger partial charge in [-0.15, -0.1) is 0 Å². The Labute approximate surface area is 146 Å². The summed E-state index contributed by atoms with van der Waals surface area (Å²) in [4.78, 5) is 7.55. The summed E-state index contributed by atoms with van der Waals surface area (Å²) in [5.74, 6) is 0. The monoisotopic (exact) mass is 323 g/mol.